The van der Waals surface area contributed by atoms with Gasteiger partial charge >= 0.3 is 0 Å². The van der Waals surface area contributed by atoms with Crippen LogP contribution in [0.5, 0.6) is 0 Å². The maximum absolute atomic E-state index is 13.7. The van der Waals surface area contributed by atoms with Crippen LogP contribution in [0.1, 0.15) is 54.2 Å². The van der Waals surface area contributed by atoms with Crippen LogP contribution in [0.4, 0.5) is 0 Å². The molecule has 1 N–H and O–H groups in total. The van der Waals surface area contributed by atoms with E-state index < -0.39 is 5.54 Å². The molecule has 3 heterocycles. The Labute approximate surface area is 192 Å². The summed E-state index contributed by atoms with van der Waals surface area (Å²) in [6.07, 6.45) is 4.29. The molecule has 2 amide bonds. The molecule has 1 aliphatic heterocycles. The van der Waals surface area contributed by atoms with Crippen LogP contribution in [0.15, 0.2) is 47.8 Å². The Morgan fingerprint density at radius 2 is 2.03 bits per heavy atom. The summed E-state index contributed by atoms with van der Waals surface area (Å²) >= 11 is 1.59. The van der Waals surface area contributed by atoms with Crippen molar-refractivity contribution in [2.24, 2.45) is 0 Å². The summed E-state index contributed by atoms with van der Waals surface area (Å²) in [7, 11) is 0. The molecule has 32 heavy (non-hydrogen) atoms. The van der Waals surface area contributed by atoms with Gasteiger partial charge in [0.1, 0.15) is 16.9 Å². The number of thiophene rings is 1. The Kier molecular flexibility index (Phi) is 5.37. The Bertz CT molecular complexity index is 1150. The van der Waals surface area contributed by atoms with E-state index in [9.17, 15) is 9.59 Å². The van der Waals surface area contributed by atoms with Crippen molar-refractivity contribution in [2.45, 2.75) is 64.2 Å². The van der Waals surface area contributed by atoms with Gasteiger partial charge in [-0.3, -0.25) is 14.3 Å². The lowest BCUT2D eigenvalue weighted by molar-refractivity contribution is -0.134. The van der Waals surface area contributed by atoms with Crippen LogP contribution >= 0.6 is 11.3 Å². The molecular weight excluding hydrogens is 420 g/mol. The van der Waals surface area contributed by atoms with Gasteiger partial charge in [0.05, 0.1) is 11.4 Å². The number of nitrogens with zero attached hydrogens (tertiary/aromatic N) is 3. The molecule has 7 heteroatoms. The molecule has 3 aromatic rings. The number of hydrogen-bond acceptors (Lipinski definition) is 4. The molecule has 1 atom stereocenters. The molecule has 0 radical (unpaired) electrons. The van der Waals surface area contributed by atoms with Crippen LogP contribution in [0.25, 0.3) is 10.6 Å². The number of aromatic nitrogens is 2. The van der Waals surface area contributed by atoms with Gasteiger partial charge in [-0.05, 0) is 49.8 Å². The molecule has 1 aromatic carbocycles. The number of fused-ring (bicyclic) bond motifs is 1. The van der Waals surface area contributed by atoms with Gasteiger partial charge in [-0.25, -0.2) is 0 Å². The summed E-state index contributed by atoms with van der Waals surface area (Å²) in [5.74, 6) is -0.249. The number of benzene rings is 1. The lowest BCUT2D eigenvalue weighted by atomic mass is 9.93. The van der Waals surface area contributed by atoms with Crippen molar-refractivity contribution < 1.29 is 9.59 Å². The van der Waals surface area contributed by atoms with Crippen molar-refractivity contribution in [3.63, 3.8) is 0 Å². The summed E-state index contributed by atoms with van der Waals surface area (Å²) in [4.78, 5) is 30.1. The minimum Gasteiger partial charge on any atom is -0.351 e. The first-order chi connectivity index (χ1) is 15.4. The topological polar surface area (TPSA) is 67.2 Å². The monoisotopic (exact) mass is 448 g/mol. The van der Waals surface area contributed by atoms with Gasteiger partial charge in [0.25, 0.3) is 5.91 Å². The Hall–Kier alpha value is -2.93. The molecule has 2 aromatic heterocycles. The number of nitrogens with one attached hydrogen (secondary N) is 1. The zero-order chi connectivity index (χ0) is 22.3. The van der Waals surface area contributed by atoms with Crippen molar-refractivity contribution in [2.75, 3.05) is 0 Å². The number of rotatable bonds is 5. The normalized spacial score (nSPS) is 21.1. The minimum atomic E-state index is -1.02. The average molecular weight is 449 g/mol. The molecule has 1 unspecified atom stereocenters. The highest BCUT2D eigenvalue weighted by atomic mass is 32.1. The summed E-state index contributed by atoms with van der Waals surface area (Å²) in [6, 6.07) is 14.1. The van der Waals surface area contributed by atoms with Crippen molar-refractivity contribution in [3.05, 3.63) is 64.7 Å². The number of amides is 2. The fourth-order valence-electron chi connectivity index (χ4n) is 4.84. The van der Waals surface area contributed by atoms with E-state index in [1.165, 1.54) is 0 Å². The zero-order valence-electron chi connectivity index (χ0n) is 18.5. The summed E-state index contributed by atoms with van der Waals surface area (Å²) in [6.45, 7) is 4.63. The molecule has 1 aliphatic carbocycles. The maximum Gasteiger partial charge on any atom is 0.273 e. The minimum absolute atomic E-state index is 0.0933. The summed E-state index contributed by atoms with van der Waals surface area (Å²) < 4.78 is 1.72. The SMILES string of the molecule is Cc1cccc(CN2C(=O)c3cc(-c4cccs4)nn3CC2(C)C(=O)NC2CCCC2)c1. The molecule has 0 bridgehead atoms. The van der Waals surface area contributed by atoms with Crippen LogP contribution in [-0.4, -0.2) is 38.1 Å². The Morgan fingerprint density at radius 1 is 1.22 bits per heavy atom. The van der Waals surface area contributed by atoms with E-state index in [0.717, 1.165) is 47.4 Å². The van der Waals surface area contributed by atoms with Crippen LogP contribution in [0.3, 0.4) is 0 Å². The van der Waals surface area contributed by atoms with Gasteiger partial charge in [-0.15, -0.1) is 11.3 Å². The molecule has 6 nitrogen and oxygen atoms in total. The van der Waals surface area contributed by atoms with Crippen LogP contribution < -0.4 is 5.32 Å². The van der Waals surface area contributed by atoms with Gasteiger partial charge < -0.3 is 10.2 Å². The first kappa shape index (κ1) is 20.9. The quantitative estimate of drug-likeness (QED) is 0.629. The van der Waals surface area contributed by atoms with Crippen molar-refractivity contribution in [1.82, 2.24) is 20.0 Å². The third-order valence-corrected chi connectivity index (χ3v) is 7.57. The van der Waals surface area contributed by atoms with Gasteiger partial charge in [0.15, 0.2) is 0 Å². The fraction of sp³-hybridized carbons (Fsp3) is 0.400. The van der Waals surface area contributed by atoms with E-state index in [4.69, 9.17) is 5.10 Å². The van der Waals surface area contributed by atoms with Gasteiger partial charge in [0.2, 0.25) is 5.91 Å². The predicted octanol–water partition coefficient (Wildman–Crippen LogP) is 4.39. The maximum atomic E-state index is 13.7. The lowest BCUT2D eigenvalue weighted by Gasteiger charge is -2.43. The molecule has 166 valence electrons. The number of carbonyl (C=O) groups excluding carboxylic acids is 2. The van der Waals surface area contributed by atoms with E-state index in [1.807, 2.05) is 55.6 Å². The Morgan fingerprint density at radius 3 is 2.75 bits per heavy atom. The van der Waals surface area contributed by atoms with Gasteiger partial charge in [0, 0.05) is 12.6 Å². The number of hydrogen-bond donors (Lipinski definition) is 1. The van der Waals surface area contributed by atoms with E-state index in [2.05, 4.69) is 11.4 Å². The molecular formula is C25H28N4O2S. The van der Waals surface area contributed by atoms with E-state index in [0.29, 0.717) is 18.8 Å². The van der Waals surface area contributed by atoms with Crippen molar-refractivity contribution in [3.8, 4) is 10.6 Å². The fourth-order valence-corrected chi connectivity index (χ4v) is 5.52. The van der Waals surface area contributed by atoms with Crippen LogP contribution in [-0.2, 0) is 17.9 Å². The molecule has 1 fully saturated rings. The van der Waals surface area contributed by atoms with Crippen LogP contribution in [0.2, 0.25) is 0 Å². The zero-order valence-corrected chi connectivity index (χ0v) is 19.3. The van der Waals surface area contributed by atoms with Gasteiger partial charge in [-0.1, -0.05) is 48.7 Å². The second kappa shape index (κ2) is 8.20. The average Bonchev–Trinajstić information content (AvgIpc) is 3.52. The van der Waals surface area contributed by atoms with Gasteiger partial charge in [-0.2, -0.15) is 5.10 Å². The molecule has 2 aliphatic rings. The molecule has 0 spiro atoms. The number of aryl methyl sites for hydroxylation is 1. The summed E-state index contributed by atoms with van der Waals surface area (Å²) in [5, 5.41) is 9.94. The Balaban J connectivity index is 1.52. The largest absolute Gasteiger partial charge is 0.351 e. The molecule has 0 saturated heterocycles. The van der Waals surface area contributed by atoms with Crippen LogP contribution in [0, 0.1) is 6.92 Å². The predicted molar refractivity (Wildman–Crippen MR) is 125 cm³/mol. The van der Waals surface area contributed by atoms with Crippen molar-refractivity contribution >= 4 is 23.2 Å². The van der Waals surface area contributed by atoms with E-state index in [-0.39, 0.29) is 17.9 Å². The first-order valence-corrected chi connectivity index (χ1v) is 12.1. The third kappa shape index (κ3) is 3.75. The third-order valence-electron chi connectivity index (χ3n) is 6.67. The highest BCUT2D eigenvalue weighted by Crippen LogP contribution is 2.33. The molecule has 5 rings (SSSR count). The second-order valence-corrected chi connectivity index (χ2v) is 10.1. The lowest BCUT2D eigenvalue weighted by Crippen LogP contribution is -2.64. The molecule has 1 saturated carbocycles. The highest BCUT2D eigenvalue weighted by Gasteiger charge is 2.48. The summed E-state index contributed by atoms with van der Waals surface area (Å²) in [5.41, 5.74) is 2.44. The number of carbonyl (C=O) groups is 2. The first-order valence-electron chi connectivity index (χ1n) is 11.2. The smallest absolute Gasteiger partial charge is 0.273 e. The van der Waals surface area contributed by atoms with Crippen molar-refractivity contribution in [1.29, 1.82) is 0 Å². The van der Waals surface area contributed by atoms with E-state index in [1.54, 1.807) is 20.9 Å². The highest BCUT2D eigenvalue weighted by molar-refractivity contribution is 7.13. The standard InChI is InChI=1S/C25H28N4O2S/c1-17-7-5-8-18(13-17)15-28-23(30)21-14-20(22-11-6-12-32-22)27-29(21)16-25(28,2)24(31)26-19-9-3-4-10-19/h5-8,11-14,19H,3-4,9-10,15-16H2,1-2H3,(H,26,31). The van der Waals surface area contributed by atoms with E-state index >= 15 is 0 Å². The second-order valence-electron chi connectivity index (χ2n) is 9.16.